The lowest BCUT2D eigenvalue weighted by molar-refractivity contribution is 0.209. The van der Waals surface area contributed by atoms with Crippen LogP contribution in [0.5, 0.6) is 0 Å². The predicted molar refractivity (Wildman–Crippen MR) is 59.7 cm³/mol. The number of benzene rings is 1. The third kappa shape index (κ3) is 2.21. The van der Waals surface area contributed by atoms with Gasteiger partial charge in [-0.3, -0.25) is 4.98 Å². The first-order valence-corrected chi connectivity index (χ1v) is 5.10. The summed E-state index contributed by atoms with van der Waals surface area (Å²) in [5.41, 5.74) is 0.576. The van der Waals surface area contributed by atoms with Crippen molar-refractivity contribution < 1.29 is 9.50 Å². The molecule has 2 rings (SSSR count). The summed E-state index contributed by atoms with van der Waals surface area (Å²) in [5, 5.41) is 10.5. The van der Waals surface area contributed by atoms with Crippen molar-refractivity contribution >= 4 is 11.6 Å². The number of nitrogens with zero attached hydrogens (tertiary/aromatic N) is 1. The summed E-state index contributed by atoms with van der Waals surface area (Å²) < 4.78 is 13.4. The zero-order valence-corrected chi connectivity index (χ0v) is 9.03. The molecular formula is C12H9ClFNO. The summed E-state index contributed by atoms with van der Waals surface area (Å²) in [6.45, 7) is 0. The van der Waals surface area contributed by atoms with E-state index < -0.39 is 11.9 Å². The van der Waals surface area contributed by atoms with Gasteiger partial charge in [0.15, 0.2) is 0 Å². The zero-order valence-electron chi connectivity index (χ0n) is 8.27. The molecule has 0 fully saturated rings. The topological polar surface area (TPSA) is 33.1 Å². The summed E-state index contributed by atoms with van der Waals surface area (Å²) in [7, 11) is 0. The molecule has 16 heavy (non-hydrogen) atoms. The average molecular weight is 238 g/mol. The molecule has 1 aromatic carbocycles. The van der Waals surface area contributed by atoms with Gasteiger partial charge in [-0.2, -0.15) is 0 Å². The van der Waals surface area contributed by atoms with Gasteiger partial charge >= 0.3 is 0 Å². The van der Waals surface area contributed by atoms with E-state index in [2.05, 4.69) is 4.98 Å². The Morgan fingerprint density at radius 1 is 1.19 bits per heavy atom. The Morgan fingerprint density at radius 3 is 2.50 bits per heavy atom. The number of hydrogen-bond acceptors (Lipinski definition) is 2. The number of aromatic nitrogens is 1. The first-order chi connectivity index (χ1) is 7.68. The third-order valence-electron chi connectivity index (χ3n) is 2.23. The summed E-state index contributed by atoms with van der Waals surface area (Å²) in [5.74, 6) is -0.523. The fourth-order valence-corrected chi connectivity index (χ4v) is 1.53. The minimum absolute atomic E-state index is 0.0184. The molecule has 1 heterocycles. The molecule has 1 atom stereocenters. The standard InChI is InChI=1S/C12H9ClFNO/c13-9-5-3-8(4-6-9)12(16)11-10(14)2-1-7-15-11/h1-7,12,16H. The Balaban J connectivity index is 2.35. The molecule has 4 heteroatoms. The minimum Gasteiger partial charge on any atom is -0.382 e. The highest BCUT2D eigenvalue weighted by molar-refractivity contribution is 6.30. The van der Waals surface area contributed by atoms with Gasteiger partial charge in [0, 0.05) is 11.2 Å². The molecule has 1 N–H and O–H groups in total. The minimum atomic E-state index is -1.07. The Labute approximate surface area is 97.3 Å². The van der Waals surface area contributed by atoms with Crippen LogP contribution in [-0.4, -0.2) is 10.1 Å². The van der Waals surface area contributed by atoms with Crippen molar-refractivity contribution in [3.8, 4) is 0 Å². The molecule has 2 aromatic rings. The number of aliphatic hydroxyl groups is 1. The lowest BCUT2D eigenvalue weighted by Gasteiger charge is -2.10. The van der Waals surface area contributed by atoms with Crippen LogP contribution in [0.25, 0.3) is 0 Å². The molecule has 1 aromatic heterocycles. The second-order valence-electron chi connectivity index (χ2n) is 3.32. The fraction of sp³-hybridized carbons (Fsp3) is 0.0833. The number of pyridine rings is 1. The molecule has 1 unspecified atom stereocenters. The van der Waals surface area contributed by atoms with Crippen LogP contribution in [0.1, 0.15) is 17.4 Å². The normalized spacial score (nSPS) is 12.4. The molecule has 2 nitrogen and oxygen atoms in total. The number of rotatable bonds is 2. The molecule has 0 aliphatic heterocycles. The van der Waals surface area contributed by atoms with Gasteiger partial charge in [-0.05, 0) is 29.8 Å². The molecule has 0 spiro atoms. The lowest BCUT2D eigenvalue weighted by Crippen LogP contribution is -2.04. The van der Waals surface area contributed by atoms with Crippen molar-refractivity contribution in [2.75, 3.05) is 0 Å². The molecule has 0 aliphatic rings. The van der Waals surface area contributed by atoms with Crippen LogP contribution in [0.3, 0.4) is 0 Å². The summed E-state index contributed by atoms with van der Waals surface area (Å²) in [6.07, 6.45) is 0.371. The van der Waals surface area contributed by atoms with Gasteiger partial charge in [-0.1, -0.05) is 23.7 Å². The van der Waals surface area contributed by atoms with E-state index in [-0.39, 0.29) is 5.69 Å². The van der Waals surface area contributed by atoms with Crippen molar-refractivity contribution in [2.24, 2.45) is 0 Å². The van der Waals surface area contributed by atoms with Crippen molar-refractivity contribution in [1.29, 1.82) is 0 Å². The summed E-state index contributed by atoms with van der Waals surface area (Å²) in [6, 6.07) is 9.30. The molecule has 0 saturated heterocycles. The number of halogens is 2. The molecule has 0 radical (unpaired) electrons. The maximum absolute atomic E-state index is 13.4. The van der Waals surface area contributed by atoms with E-state index in [1.54, 1.807) is 24.3 Å². The van der Waals surface area contributed by atoms with E-state index in [4.69, 9.17) is 11.6 Å². The summed E-state index contributed by atoms with van der Waals surface area (Å²) >= 11 is 5.72. The Hall–Kier alpha value is -1.45. The second-order valence-corrected chi connectivity index (χ2v) is 3.76. The second kappa shape index (κ2) is 4.60. The molecule has 0 saturated carbocycles. The average Bonchev–Trinajstić information content (AvgIpc) is 2.30. The van der Waals surface area contributed by atoms with Crippen molar-refractivity contribution in [3.63, 3.8) is 0 Å². The Morgan fingerprint density at radius 2 is 1.88 bits per heavy atom. The highest BCUT2D eigenvalue weighted by Crippen LogP contribution is 2.23. The SMILES string of the molecule is OC(c1ccc(Cl)cc1)c1ncccc1F. The molecular weight excluding hydrogens is 229 g/mol. The number of hydrogen-bond donors (Lipinski definition) is 1. The van der Waals surface area contributed by atoms with Crippen molar-refractivity contribution in [3.05, 3.63) is 64.7 Å². The van der Waals surface area contributed by atoms with E-state index in [9.17, 15) is 9.50 Å². The Kier molecular flexibility index (Phi) is 3.17. The zero-order chi connectivity index (χ0) is 11.5. The van der Waals surface area contributed by atoms with E-state index in [1.165, 1.54) is 18.3 Å². The first-order valence-electron chi connectivity index (χ1n) is 4.72. The van der Waals surface area contributed by atoms with E-state index in [0.717, 1.165) is 0 Å². The van der Waals surface area contributed by atoms with Crippen LogP contribution in [0.4, 0.5) is 4.39 Å². The largest absolute Gasteiger partial charge is 0.382 e. The van der Waals surface area contributed by atoms with Crippen molar-refractivity contribution in [1.82, 2.24) is 4.98 Å². The van der Waals surface area contributed by atoms with Crippen LogP contribution in [-0.2, 0) is 0 Å². The van der Waals surface area contributed by atoms with E-state index >= 15 is 0 Å². The number of aliphatic hydroxyl groups excluding tert-OH is 1. The van der Waals surface area contributed by atoms with Gasteiger partial charge in [-0.25, -0.2) is 4.39 Å². The molecule has 0 aliphatic carbocycles. The van der Waals surface area contributed by atoms with Crippen LogP contribution in [0.2, 0.25) is 5.02 Å². The lowest BCUT2D eigenvalue weighted by atomic mass is 10.1. The first kappa shape index (κ1) is 11.0. The highest BCUT2D eigenvalue weighted by atomic mass is 35.5. The maximum atomic E-state index is 13.4. The van der Waals surface area contributed by atoms with Crippen LogP contribution in [0.15, 0.2) is 42.6 Å². The molecule has 0 amide bonds. The van der Waals surface area contributed by atoms with Gasteiger partial charge in [0.1, 0.15) is 17.6 Å². The molecule has 82 valence electrons. The van der Waals surface area contributed by atoms with E-state index in [1.807, 2.05) is 0 Å². The van der Waals surface area contributed by atoms with Crippen LogP contribution < -0.4 is 0 Å². The quantitative estimate of drug-likeness (QED) is 0.871. The van der Waals surface area contributed by atoms with Gasteiger partial charge in [0.25, 0.3) is 0 Å². The van der Waals surface area contributed by atoms with Gasteiger partial charge < -0.3 is 5.11 Å². The van der Waals surface area contributed by atoms with Crippen molar-refractivity contribution in [2.45, 2.75) is 6.10 Å². The van der Waals surface area contributed by atoms with Crippen LogP contribution >= 0.6 is 11.6 Å². The van der Waals surface area contributed by atoms with Gasteiger partial charge in [0.2, 0.25) is 0 Å². The summed E-state index contributed by atoms with van der Waals surface area (Å²) in [4.78, 5) is 3.82. The smallest absolute Gasteiger partial charge is 0.147 e. The molecule has 0 bridgehead atoms. The fourth-order valence-electron chi connectivity index (χ4n) is 1.40. The predicted octanol–water partition coefficient (Wildman–Crippen LogP) is 2.96. The van der Waals surface area contributed by atoms with Crippen LogP contribution in [0, 0.1) is 5.82 Å². The Bertz CT molecular complexity index is 487. The van der Waals surface area contributed by atoms with Gasteiger partial charge in [-0.15, -0.1) is 0 Å². The highest BCUT2D eigenvalue weighted by Gasteiger charge is 2.15. The van der Waals surface area contributed by atoms with Gasteiger partial charge in [0.05, 0.1) is 0 Å². The maximum Gasteiger partial charge on any atom is 0.147 e. The third-order valence-corrected chi connectivity index (χ3v) is 2.48. The monoisotopic (exact) mass is 237 g/mol. The van der Waals surface area contributed by atoms with E-state index in [0.29, 0.717) is 10.6 Å².